The molecule has 0 atom stereocenters. The molecule has 0 bridgehead atoms. The van der Waals surface area contributed by atoms with Crippen LogP contribution in [0.25, 0.3) is 0 Å². The molecule has 1 amide bonds. The first kappa shape index (κ1) is 8.31. The van der Waals surface area contributed by atoms with E-state index in [-0.39, 0.29) is 0 Å². The number of nitrogens with two attached hydrogens (primary N) is 1. The first-order chi connectivity index (χ1) is 7.59. The van der Waals surface area contributed by atoms with Crippen LogP contribution in [0.4, 0.5) is 5.69 Å². The number of hydrogen-bond donors (Lipinski definition) is 3. The summed E-state index contributed by atoms with van der Waals surface area (Å²) in [5.74, 6) is -0.492. The molecule has 1 aliphatic rings. The standard InChI is InChI=1S/C10H12N4O/c1-7-6-12-13-14(7)9-5-3-2-4-8(9)10(11)15/h2-6,12-13H,1H3,(H2,11,15)/i/hD. The molecule has 0 saturated heterocycles. The zero-order chi connectivity index (χ0) is 11.7. The van der Waals surface area contributed by atoms with Crippen molar-refractivity contribution >= 4 is 11.6 Å². The summed E-state index contributed by atoms with van der Waals surface area (Å²) in [4.78, 5) is 11.3. The number of benzene rings is 1. The molecule has 0 spiro atoms. The monoisotopic (exact) mass is 205 g/mol. The van der Waals surface area contributed by atoms with Crippen LogP contribution in [0.5, 0.6) is 0 Å². The van der Waals surface area contributed by atoms with Crippen LogP contribution < -0.4 is 21.7 Å². The third kappa shape index (κ3) is 1.64. The van der Waals surface area contributed by atoms with Gasteiger partial charge in [0, 0.05) is 6.20 Å². The topological polar surface area (TPSA) is 70.4 Å². The highest BCUT2D eigenvalue weighted by atomic mass is 16.1. The largest absolute Gasteiger partial charge is 0.366 e. The fourth-order valence-corrected chi connectivity index (χ4v) is 1.44. The second-order valence-corrected chi connectivity index (χ2v) is 3.22. The van der Waals surface area contributed by atoms with E-state index in [1.54, 1.807) is 29.4 Å². The van der Waals surface area contributed by atoms with E-state index < -0.39 is 5.91 Å². The van der Waals surface area contributed by atoms with Crippen molar-refractivity contribution in [3.05, 3.63) is 41.7 Å². The maximum atomic E-state index is 11.3. The Labute approximate surface area is 89.0 Å². The second-order valence-electron chi connectivity index (χ2n) is 3.22. The Balaban J connectivity index is 2.42. The summed E-state index contributed by atoms with van der Waals surface area (Å²) in [6.07, 6.45) is 1.60. The predicted molar refractivity (Wildman–Crippen MR) is 57.5 cm³/mol. The normalized spacial score (nSPS) is 16.3. The molecular formula is C10H12N4O. The maximum absolute atomic E-state index is 11.3. The van der Waals surface area contributed by atoms with Crippen LogP contribution >= 0.6 is 0 Å². The molecule has 1 aliphatic heterocycles. The van der Waals surface area contributed by atoms with Crippen LogP contribution in [-0.2, 0) is 0 Å². The Kier molecular flexibility index (Phi) is 2.01. The van der Waals surface area contributed by atoms with E-state index >= 15 is 0 Å². The Bertz CT molecular complexity index is 460. The van der Waals surface area contributed by atoms with Crippen molar-refractivity contribution in [3.63, 3.8) is 0 Å². The number of carbonyl (C=O) groups excluding carboxylic acids is 1. The van der Waals surface area contributed by atoms with Crippen molar-refractivity contribution in [1.29, 1.82) is 0 Å². The van der Waals surface area contributed by atoms with Gasteiger partial charge in [-0.3, -0.25) is 9.80 Å². The fraction of sp³-hybridized carbons (Fsp3) is 0.100. The SMILES string of the molecule is [2H]N1C=C(C)N(c2ccccc2C(N)=O)N1. The van der Waals surface area contributed by atoms with Crippen molar-refractivity contribution in [1.82, 2.24) is 11.0 Å². The summed E-state index contributed by atoms with van der Waals surface area (Å²) in [7, 11) is 0. The molecule has 0 saturated carbocycles. The first-order valence-corrected chi connectivity index (χ1v) is 4.51. The molecule has 0 unspecified atom stereocenters. The minimum atomic E-state index is -0.492. The van der Waals surface area contributed by atoms with E-state index in [4.69, 9.17) is 7.15 Å². The van der Waals surface area contributed by atoms with Gasteiger partial charge in [-0.1, -0.05) is 12.1 Å². The maximum Gasteiger partial charge on any atom is 0.250 e. The number of para-hydroxylation sites is 1. The second kappa shape index (κ2) is 3.62. The molecule has 5 heteroatoms. The van der Waals surface area contributed by atoms with Crippen molar-refractivity contribution < 1.29 is 6.21 Å². The molecule has 5 nitrogen and oxygen atoms in total. The third-order valence-corrected chi connectivity index (χ3v) is 2.17. The van der Waals surface area contributed by atoms with Crippen LogP contribution in [0.1, 0.15) is 17.3 Å². The molecule has 1 aromatic rings. The van der Waals surface area contributed by atoms with Crippen LogP contribution in [0.3, 0.4) is 0 Å². The van der Waals surface area contributed by atoms with Crippen LogP contribution in [0.2, 0.25) is 1.41 Å². The van der Waals surface area contributed by atoms with Crippen LogP contribution in [0.15, 0.2) is 36.2 Å². The predicted octanol–water partition coefficient (Wildman–Crippen LogP) is 0.476. The van der Waals surface area contributed by atoms with Gasteiger partial charge in [0.1, 0.15) is 0 Å². The average molecular weight is 205 g/mol. The lowest BCUT2D eigenvalue weighted by Gasteiger charge is -2.21. The van der Waals surface area contributed by atoms with E-state index in [1.807, 2.05) is 13.0 Å². The Morgan fingerprint density at radius 3 is 2.87 bits per heavy atom. The van der Waals surface area contributed by atoms with E-state index in [9.17, 15) is 4.79 Å². The molecule has 0 aromatic heterocycles. The Hall–Kier alpha value is -2.01. The van der Waals surface area contributed by atoms with Crippen molar-refractivity contribution in [2.75, 3.05) is 5.01 Å². The molecule has 0 aliphatic carbocycles. The molecule has 15 heavy (non-hydrogen) atoms. The molecule has 1 heterocycles. The molecule has 78 valence electrons. The number of allylic oxidation sites excluding steroid dienone is 1. The number of nitrogens with one attached hydrogen (secondary N) is 2. The summed E-state index contributed by atoms with van der Waals surface area (Å²) in [6, 6.07) is 6.98. The van der Waals surface area contributed by atoms with Gasteiger partial charge in [-0.05, 0) is 19.1 Å². The van der Waals surface area contributed by atoms with Crippen molar-refractivity contribution in [3.8, 4) is 0 Å². The number of rotatable bonds is 2. The van der Waals surface area contributed by atoms with Crippen LogP contribution in [-0.4, -0.2) is 5.91 Å². The van der Waals surface area contributed by atoms with Gasteiger partial charge in [-0.2, -0.15) is 0 Å². The van der Waals surface area contributed by atoms with Gasteiger partial charge in [-0.15, -0.1) is 5.53 Å². The van der Waals surface area contributed by atoms with E-state index in [1.165, 1.54) is 0 Å². The minimum Gasteiger partial charge on any atom is -0.366 e. The van der Waals surface area contributed by atoms with Crippen molar-refractivity contribution in [2.45, 2.75) is 6.92 Å². The number of anilines is 1. The molecule has 0 fully saturated rings. The lowest BCUT2D eigenvalue weighted by atomic mass is 10.1. The van der Waals surface area contributed by atoms with Gasteiger partial charge >= 0.3 is 0 Å². The molecule has 2 rings (SSSR count). The van der Waals surface area contributed by atoms with Gasteiger partial charge in [0.2, 0.25) is 0 Å². The fourth-order valence-electron chi connectivity index (χ4n) is 1.44. The highest BCUT2D eigenvalue weighted by molar-refractivity contribution is 5.98. The van der Waals surface area contributed by atoms with Gasteiger partial charge in [0.25, 0.3) is 5.91 Å². The summed E-state index contributed by atoms with van der Waals surface area (Å²) in [6.45, 7) is 1.83. The van der Waals surface area contributed by atoms with E-state index in [0.29, 0.717) is 11.3 Å². The molecular weight excluding hydrogens is 192 g/mol. The molecule has 4 N–H and O–H groups in total. The summed E-state index contributed by atoms with van der Waals surface area (Å²) >= 11 is 0. The van der Waals surface area contributed by atoms with Gasteiger partial charge < -0.3 is 11.2 Å². The Morgan fingerprint density at radius 2 is 2.27 bits per heavy atom. The number of carbonyl (C=O) groups is 1. The van der Waals surface area contributed by atoms with E-state index in [0.717, 1.165) is 11.1 Å². The summed E-state index contributed by atoms with van der Waals surface area (Å²) in [5, 5.41) is 1.63. The van der Waals surface area contributed by atoms with Gasteiger partial charge in [0.15, 0.2) is 1.41 Å². The smallest absolute Gasteiger partial charge is 0.250 e. The van der Waals surface area contributed by atoms with E-state index in [2.05, 4.69) is 5.53 Å². The molecule has 0 radical (unpaired) electrons. The number of nitrogens with zero attached hydrogens (tertiary/aromatic N) is 1. The van der Waals surface area contributed by atoms with Crippen LogP contribution in [0, 0.1) is 0 Å². The average Bonchev–Trinajstić information content (AvgIpc) is 2.57. The number of amides is 1. The number of hydrogen-bond acceptors (Lipinski definition) is 4. The minimum absolute atomic E-state index is 0.415. The quantitative estimate of drug-likeness (QED) is 0.656. The first-order valence-electron chi connectivity index (χ1n) is 4.96. The molecule has 1 aromatic carbocycles. The lowest BCUT2D eigenvalue weighted by Crippen LogP contribution is -2.38. The third-order valence-electron chi connectivity index (χ3n) is 2.17. The zero-order valence-electron chi connectivity index (χ0n) is 9.27. The highest BCUT2D eigenvalue weighted by Gasteiger charge is 2.17. The number of primary amides is 1. The number of hydrazine groups is 2. The highest BCUT2D eigenvalue weighted by Crippen LogP contribution is 2.22. The van der Waals surface area contributed by atoms with Gasteiger partial charge in [0.05, 0.1) is 16.9 Å². The summed E-state index contributed by atoms with van der Waals surface area (Å²) in [5.41, 5.74) is 11.0. The van der Waals surface area contributed by atoms with Gasteiger partial charge in [-0.25, -0.2) is 0 Å². The zero-order valence-corrected chi connectivity index (χ0v) is 8.27. The lowest BCUT2D eigenvalue weighted by molar-refractivity contribution is 0.100. The summed E-state index contributed by atoms with van der Waals surface area (Å²) < 4.78 is 7.41. The Morgan fingerprint density at radius 1 is 1.53 bits per heavy atom. The van der Waals surface area contributed by atoms with Crippen molar-refractivity contribution in [2.24, 2.45) is 5.73 Å².